The van der Waals surface area contributed by atoms with Gasteiger partial charge in [0.25, 0.3) is 0 Å². The number of hydrogen-bond donors (Lipinski definition) is 1. The standard InChI is InChI=1S/C14H23N3O/c1-17-8-4-3-5-13(17)11-15-10-12-6-7-16-14(9-12)18-2/h6-7,9,13,15H,3-5,8,10-11H2,1-2H3. The Morgan fingerprint density at radius 2 is 2.39 bits per heavy atom. The van der Waals surface area contributed by atoms with Crippen LogP contribution in [-0.2, 0) is 6.54 Å². The van der Waals surface area contributed by atoms with Crippen molar-refractivity contribution in [1.82, 2.24) is 15.2 Å². The number of methoxy groups -OCH3 is 1. The molecule has 0 aliphatic carbocycles. The van der Waals surface area contributed by atoms with Crippen LogP contribution in [0.5, 0.6) is 5.88 Å². The van der Waals surface area contributed by atoms with E-state index < -0.39 is 0 Å². The van der Waals surface area contributed by atoms with E-state index in [0.29, 0.717) is 11.9 Å². The molecular formula is C14H23N3O. The number of likely N-dealkylation sites (tertiary alicyclic amines) is 1. The highest BCUT2D eigenvalue weighted by molar-refractivity contribution is 5.20. The fraction of sp³-hybridized carbons (Fsp3) is 0.643. The van der Waals surface area contributed by atoms with Gasteiger partial charge in [0.15, 0.2) is 0 Å². The molecule has 2 rings (SSSR count). The number of ether oxygens (including phenoxy) is 1. The summed E-state index contributed by atoms with van der Waals surface area (Å²) in [6.45, 7) is 3.17. The first-order chi connectivity index (χ1) is 8.79. The first-order valence-corrected chi connectivity index (χ1v) is 6.69. The van der Waals surface area contributed by atoms with Crippen LogP contribution in [0.3, 0.4) is 0 Å². The Kier molecular flexibility index (Phi) is 4.96. The quantitative estimate of drug-likeness (QED) is 0.861. The summed E-state index contributed by atoms with van der Waals surface area (Å²) in [5, 5.41) is 3.53. The molecule has 0 saturated carbocycles. The predicted octanol–water partition coefficient (Wildman–Crippen LogP) is 1.66. The number of hydrogen-bond acceptors (Lipinski definition) is 4. The second kappa shape index (κ2) is 6.71. The third-order valence-corrected chi connectivity index (χ3v) is 3.64. The van der Waals surface area contributed by atoms with E-state index in [4.69, 9.17) is 4.74 Å². The molecule has 1 aliphatic heterocycles. The molecule has 100 valence electrons. The van der Waals surface area contributed by atoms with Gasteiger partial charge in [-0.2, -0.15) is 0 Å². The van der Waals surface area contributed by atoms with Crippen LogP contribution in [-0.4, -0.2) is 43.2 Å². The summed E-state index contributed by atoms with van der Waals surface area (Å²) in [4.78, 5) is 6.57. The summed E-state index contributed by atoms with van der Waals surface area (Å²) < 4.78 is 5.12. The average molecular weight is 249 g/mol. The van der Waals surface area contributed by atoms with Gasteiger partial charge in [-0.15, -0.1) is 0 Å². The maximum Gasteiger partial charge on any atom is 0.213 e. The van der Waals surface area contributed by atoms with Crippen molar-refractivity contribution in [2.24, 2.45) is 0 Å². The van der Waals surface area contributed by atoms with Gasteiger partial charge in [-0.3, -0.25) is 0 Å². The fourth-order valence-corrected chi connectivity index (χ4v) is 2.46. The SMILES string of the molecule is COc1cc(CNCC2CCCCN2C)ccn1. The second-order valence-corrected chi connectivity index (χ2v) is 4.97. The van der Waals surface area contributed by atoms with E-state index in [0.717, 1.165) is 13.1 Å². The Morgan fingerprint density at radius 1 is 1.50 bits per heavy atom. The highest BCUT2D eigenvalue weighted by atomic mass is 16.5. The van der Waals surface area contributed by atoms with Crippen molar-refractivity contribution in [2.75, 3.05) is 27.2 Å². The van der Waals surface area contributed by atoms with Crippen LogP contribution in [0.4, 0.5) is 0 Å². The van der Waals surface area contributed by atoms with Gasteiger partial charge < -0.3 is 15.0 Å². The Balaban J connectivity index is 1.77. The van der Waals surface area contributed by atoms with Crippen molar-refractivity contribution in [3.8, 4) is 5.88 Å². The molecule has 1 aliphatic rings. The van der Waals surface area contributed by atoms with E-state index in [1.54, 1.807) is 13.3 Å². The van der Waals surface area contributed by atoms with Crippen molar-refractivity contribution >= 4 is 0 Å². The Morgan fingerprint density at radius 3 is 3.17 bits per heavy atom. The lowest BCUT2D eigenvalue weighted by Crippen LogP contribution is -2.42. The summed E-state index contributed by atoms with van der Waals surface area (Å²) in [6.07, 6.45) is 5.81. The van der Waals surface area contributed by atoms with Gasteiger partial charge in [0.1, 0.15) is 0 Å². The smallest absolute Gasteiger partial charge is 0.213 e. The van der Waals surface area contributed by atoms with Gasteiger partial charge in [0.05, 0.1) is 7.11 Å². The number of piperidine rings is 1. The van der Waals surface area contributed by atoms with E-state index in [2.05, 4.69) is 22.2 Å². The normalized spacial score (nSPS) is 20.9. The van der Waals surface area contributed by atoms with E-state index in [-0.39, 0.29) is 0 Å². The van der Waals surface area contributed by atoms with Crippen molar-refractivity contribution in [2.45, 2.75) is 31.8 Å². The van der Waals surface area contributed by atoms with Crippen LogP contribution in [0.1, 0.15) is 24.8 Å². The molecule has 0 bridgehead atoms. The van der Waals surface area contributed by atoms with E-state index >= 15 is 0 Å². The molecule has 4 nitrogen and oxygen atoms in total. The summed E-state index contributed by atoms with van der Waals surface area (Å²) in [7, 11) is 3.87. The molecule has 0 aromatic carbocycles. The maximum atomic E-state index is 5.12. The molecule has 1 aromatic rings. The Hall–Kier alpha value is -1.13. The lowest BCUT2D eigenvalue weighted by Gasteiger charge is -2.32. The summed E-state index contributed by atoms with van der Waals surface area (Å²) in [5.41, 5.74) is 1.22. The van der Waals surface area contributed by atoms with Crippen LogP contribution in [0, 0.1) is 0 Å². The fourth-order valence-electron chi connectivity index (χ4n) is 2.46. The number of nitrogens with zero attached hydrogens (tertiary/aromatic N) is 2. The zero-order valence-corrected chi connectivity index (χ0v) is 11.4. The monoisotopic (exact) mass is 249 g/mol. The van der Waals surface area contributed by atoms with Crippen molar-refractivity contribution in [1.29, 1.82) is 0 Å². The van der Waals surface area contributed by atoms with Crippen LogP contribution < -0.4 is 10.1 Å². The zero-order chi connectivity index (χ0) is 12.8. The molecule has 1 unspecified atom stereocenters. The molecule has 0 spiro atoms. The molecule has 2 heterocycles. The third kappa shape index (κ3) is 3.68. The number of pyridine rings is 1. The second-order valence-electron chi connectivity index (χ2n) is 4.97. The Bertz CT molecular complexity index is 370. The van der Waals surface area contributed by atoms with Crippen LogP contribution in [0.15, 0.2) is 18.3 Å². The number of aromatic nitrogens is 1. The van der Waals surface area contributed by atoms with Gasteiger partial charge in [-0.05, 0) is 38.1 Å². The summed E-state index contributed by atoms with van der Waals surface area (Å²) in [5.74, 6) is 0.684. The number of rotatable bonds is 5. The molecule has 18 heavy (non-hydrogen) atoms. The Labute approximate surface area is 109 Å². The molecule has 4 heteroatoms. The first-order valence-electron chi connectivity index (χ1n) is 6.69. The predicted molar refractivity (Wildman–Crippen MR) is 72.8 cm³/mol. The van der Waals surface area contributed by atoms with Crippen molar-refractivity contribution in [3.63, 3.8) is 0 Å². The highest BCUT2D eigenvalue weighted by Gasteiger charge is 2.17. The molecule has 0 radical (unpaired) electrons. The third-order valence-electron chi connectivity index (χ3n) is 3.64. The first kappa shape index (κ1) is 13.3. The minimum atomic E-state index is 0.683. The van der Waals surface area contributed by atoms with Gasteiger partial charge in [-0.25, -0.2) is 4.98 Å². The molecule has 0 amide bonds. The largest absolute Gasteiger partial charge is 0.481 e. The van der Waals surface area contributed by atoms with Crippen LogP contribution in [0.2, 0.25) is 0 Å². The van der Waals surface area contributed by atoms with Gasteiger partial charge in [0, 0.05) is 31.4 Å². The molecule has 1 atom stereocenters. The van der Waals surface area contributed by atoms with Gasteiger partial charge >= 0.3 is 0 Å². The van der Waals surface area contributed by atoms with Crippen molar-refractivity contribution < 1.29 is 4.74 Å². The molecule has 1 N–H and O–H groups in total. The van der Waals surface area contributed by atoms with Crippen LogP contribution in [0.25, 0.3) is 0 Å². The van der Waals surface area contributed by atoms with Gasteiger partial charge in [-0.1, -0.05) is 6.42 Å². The van der Waals surface area contributed by atoms with E-state index in [9.17, 15) is 0 Å². The van der Waals surface area contributed by atoms with Gasteiger partial charge in [0.2, 0.25) is 5.88 Å². The summed E-state index contributed by atoms with van der Waals surface area (Å²) >= 11 is 0. The molecule has 1 aromatic heterocycles. The minimum absolute atomic E-state index is 0.683. The topological polar surface area (TPSA) is 37.4 Å². The minimum Gasteiger partial charge on any atom is -0.481 e. The number of likely N-dealkylation sites (N-methyl/N-ethyl adjacent to an activating group) is 1. The molecular weight excluding hydrogens is 226 g/mol. The van der Waals surface area contributed by atoms with Crippen molar-refractivity contribution in [3.05, 3.63) is 23.9 Å². The average Bonchev–Trinajstić information content (AvgIpc) is 2.41. The van der Waals surface area contributed by atoms with Crippen LogP contribution >= 0.6 is 0 Å². The number of nitrogens with one attached hydrogen (secondary N) is 1. The molecule has 1 fully saturated rings. The highest BCUT2D eigenvalue weighted by Crippen LogP contribution is 2.14. The lowest BCUT2D eigenvalue weighted by atomic mass is 10.0. The zero-order valence-electron chi connectivity index (χ0n) is 11.4. The van der Waals surface area contributed by atoms with E-state index in [1.165, 1.54) is 31.4 Å². The maximum absolute atomic E-state index is 5.12. The lowest BCUT2D eigenvalue weighted by molar-refractivity contribution is 0.181. The van der Waals surface area contributed by atoms with E-state index in [1.807, 2.05) is 12.1 Å². The summed E-state index contributed by atoms with van der Waals surface area (Å²) in [6, 6.07) is 4.69. The molecule has 1 saturated heterocycles.